The van der Waals surface area contributed by atoms with Gasteiger partial charge in [-0.25, -0.2) is 0 Å². The van der Waals surface area contributed by atoms with Gasteiger partial charge >= 0.3 is 0 Å². The molecule has 0 aromatic heterocycles. The summed E-state index contributed by atoms with van der Waals surface area (Å²) in [4.78, 5) is 14.7. The molecule has 0 radical (unpaired) electrons. The fourth-order valence-electron chi connectivity index (χ4n) is 5.71. The van der Waals surface area contributed by atoms with E-state index in [0.29, 0.717) is 24.2 Å². The Balaban J connectivity index is 1.42. The van der Waals surface area contributed by atoms with Crippen molar-refractivity contribution in [2.75, 3.05) is 20.6 Å². The van der Waals surface area contributed by atoms with Gasteiger partial charge in [0, 0.05) is 12.3 Å². The second-order valence-electron chi connectivity index (χ2n) is 9.88. The van der Waals surface area contributed by atoms with Crippen molar-refractivity contribution in [2.45, 2.75) is 83.2 Å². The van der Waals surface area contributed by atoms with Crippen LogP contribution in [0.2, 0.25) is 0 Å². The summed E-state index contributed by atoms with van der Waals surface area (Å²) in [5.41, 5.74) is 1.60. The molecular formula is C25H41NO2. The van der Waals surface area contributed by atoms with Crippen molar-refractivity contribution in [1.29, 1.82) is 0 Å². The van der Waals surface area contributed by atoms with Gasteiger partial charge in [0.1, 0.15) is 0 Å². The fourth-order valence-corrected chi connectivity index (χ4v) is 5.71. The van der Waals surface area contributed by atoms with Crippen molar-refractivity contribution >= 4 is 5.78 Å². The molecule has 3 rings (SSSR count). The van der Waals surface area contributed by atoms with Crippen LogP contribution in [0.1, 0.15) is 77.0 Å². The van der Waals surface area contributed by atoms with Crippen LogP contribution >= 0.6 is 0 Å². The number of hydrogen-bond acceptors (Lipinski definition) is 3. The number of carbonyl (C=O) groups is 1. The normalized spacial score (nSPS) is 30.9. The van der Waals surface area contributed by atoms with E-state index in [2.05, 4.69) is 31.1 Å². The zero-order chi connectivity index (χ0) is 19.9. The molecule has 3 aliphatic carbocycles. The van der Waals surface area contributed by atoms with E-state index in [1.165, 1.54) is 64.3 Å². The van der Waals surface area contributed by atoms with Gasteiger partial charge in [0.15, 0.2) is 5.78 Å². The van der Waals surface area contributed by atoms with Crippen LogP contribution in [0.4, 0.5) is 0 Å². The highest BCUT2D eigenvalue weighted by molar-refractivity contribution is 5.89. The van der Waals surface area contributed by atoms with Crippen LogP contribution in [-0.2, 0) is 4.79 Å². The lowest BCUT2D eigenvalue weighted by molar-refractivity contribution is -0.115. The van der Waals surface area contributed by atoms with Crippen LogP contribution in [0, 0.1) is 23.7 Å². The molecule has 3 nitrogen and oxygen atoms in total. The average Bonchev–Trinajstić information content (AvgIpc) is 3.16. The highest BCUT2D eigenvalue weighted by Crippen LogP contribution is 2.48. The summed E-state index contributed by atoms with van der Waals surface area (Å²) in [6.45, 7) is 1.18. The molecule has 0 heterocycles. The maximum absolute atomic E-state index is 12.4. The molecule has 0 unspecified atom stereocenters. The molecule has 2 fully saturated rings. The van der Waals surface area contributed by atoms with E-state index in [1.807, 2.05) is 6.08 Å². The Morgan fingerprint density at radius 2 is 1.96 bits per heavy atom. The van der Waals surface area contributed by atoms with Crippen LogP contribution in [-0.4, -0.2) is 42.5 Å². The Morgan fingerprint density at radius 1 is 1.18 bits per heavy atom. The molecule has 1 N–H and O–H groups in total. The van der Waals surface area contributed by atoms with Gasteiger partial charge in [0.2, 0.25) is 0 Å². The van der Waals surface area contributed by atoms with Crippen molar-refractivity contribution in [3.63, 3.8) is 0 Å². The van der Waals surface area contributed by atoms with Crippen molar-refractivity contribution in [2.24, 2.45) is 23.7 Å². The Morgan fingerprint density at radius 3 is 2.71 bits per heavy atom. The predicted octanol–water partition coefficient (Wildman–Crippen LogP) is 5.15. The summed E-state index contributed by atoms with van der Waals surface area (Å²) >= 11 is 0. The van der Waals surface area contributed by atoms with Gasteiger partial charge < -0.3 is 10.0 Å². The first-order valence-electron chi connectivity index (χ1n) is 11.8. The minimum absolute atomic E-state index is 0.169. The first kappa shape index (κ1) is 21.8. The van der Waals surface area contributed by atoms with E-state index in [-0.39, 0.29) is 17.8 Å². The minimum Gasteiger partial charge on any atom is -0.392 e. The number of aliphatic hydroxyl groups is 1. The molecular weight excluding hydrogens is 346 g/mol. The van der Waals surface area contributed by atoms with E-state index in [0.717, 1.165) is 12.8 Å². The van der Waals surface area contributed by atoms with Crippen LogP contribution in [0.5, 0.6) is 0 Å². The fraction of sp³-hybridized carbons (Fsp3) is 0.800. The molecule has 0 aromatic rings. The van der Waals surface area contributed by atoms with Crippen LogP contribution in [0.3, 0.4) is 0 Å². The smallest absolute Gasteiger partial charge is 0.155 e. The van der Waals surface area contributed by atoms with Crippen LogP contribution < -0.4 is 0 Å². The molecule has 3 heteroatoms. The summed E-state index contributed by atoms with van der Waals surface area (Å²) in [6, 6.07) is 0. The van der Waals surface area contributed by atoms with Crippen molar-refractivity contribution in [3.05, 3.63) is 23.8 Å². The largest absolute Gasteiger partial charge is 0.392 e. The number of hydrogen-bond donors (Lipinski definition) is 1. The first-order chi connectivity index (χ1) is 13.5. The number of rotatable bonds is 10. The lowest BCUT2D eigenvalue weighted by Gasteiger charge is -2.20. The number of unbranched alkanes of at least 4 members (excludes halogenated alkanes) is 2. The number of nitrogens with zero attached hydrogens (tertiary/aromatic N) is 1. The number of ketones is 1. The first-order valence-corrected chi connectivity index (χ1v) is 11.8. The Kier molecular flexibility index (Phi) is 8.35. The molecule has 4 atom stereocenters. The number of fused-ring (bicyclic) bond motifs is 1. The van der Waals surface area contributed by atoms with E-state index in [1.54, 1.807) is 5.57 Å². The highest BCUT2D eigenvalue weighted by Gasteiger charge is 2.43. The summed E-state index contributed by atoms with van der Waals surface area (Å²) in [7, 11) is 4.28. The Labute approximate surface area is 172 Å². The molecule has 0 saturated heterocycles. The maximum atomic E-state index is 12.4. The van der Waals surface area contributed by atoms with Gasteiger partial charge in [-0.1, -0.05) is 56.3 Å². The molecule has 2 saturated carbocycles. The van der Waals surface area contributed by atoms with E-state index in [4.69, 9.17) is 0 Å². The number of allylic oxidation sites excluding steroid dienone is 3. The second kappa shape index (κ2) is 10.7. The summed E-state index contributed by atoms with van der Waals surface area (Å²) in [5, 5.41) is 10.5. The summed E-state index contributed by atoms with van der Waals surface area (Å²) < 4.78 is 0. The van der Waals surface area contributed by atoms with Crippen molar-refractivity contribution < 1.29 is 9.90 Å². The van der Waals surface area contributed by atoms with E-state index >= 15 is 0 Å². The third-order valence-corrected chi connectivity index (χ3v) is 7.27. The lowest BCUT2D eigenvalue weighted by Crippen LogP contribution is -2.18. The molecule has 3 aliphatic rings. The van der Waals surface area contributed by atoms with E-state index in [9.17, 15) is 9.90 Å². The third kappa shape index (κ3) is 6.29. The monoisotopic (exact) mass is 387 g/mol. The van der Waals surface area contributed by atoms with Gasteiger partial charge in [-0.15, -0.1) is 0 Å². The SMILES string of the molecule is CN(C)CCCCCC1=C[C@H]2C[C@@H](O)[C@H](C=CC(=O)CC3CCCCC3)[C@H]2C1. The number of carbonyl (C=O) groups excluding carboxylic acids is 1. The molecule has 0 amide bonds. The van der Waals surface area contributed by atoms with Gasteiger partial charge in [0.25, 0.3) is 0 Å². The zero-order valence-corrected chi connectivity index (χ0v) is 18.1. The van der Waals surface area contributed by atoms with Gasteiger partial charge in [-0.05, 0) is 76.6 Å². The van der Waals surface area contributed by atoms with Gasteiger partial charge in [-0.3, -0.25) is 4.79 Å². The summed E-state index contributed by atoms with van der Waals surface area (Å²) in [5.74, 6) is 2.08. The van der Waals surface area contributed by atoms with Gasteiger partial charge in [0.05, 0.1) is 6.10 Å². The standard InChI is InChI=1S/C25H41NO2/c1-26(2)14-8-4-7-11-20-15-21-18-25(28)23(24(21)17-20)13-12-22(27)16-19-9-5-3-6-10-19/h12-13,15,19,21,23-25,28H,3-11,14,16-18H2,1-2H3/t21-,23+,24-,25+/m0/s1. The predicted molar refractivity (Wildman–Crippen MR) is 116 cm³/mol. The second-order valence-corrected chi connectivity index (χ2v) is 9.88. The molecule has 158 valence electrons. The zero-order valence-electron chi connectivity index (χ0n) is 18.1. The average molecular weight is 388 g/mol. The summed E-state index contributed by atoms with van der Waals surface area (Å²) in [6.07, 6.45) is 20.2. The minimum atomic E-state index is -0.272. The van der Waals surface area contributed by atoms with Crippen molar-refractivity contribution in [1.82, 2.24) is 4.90 Å². The van der Waals surface area contributed by atoms with Crippen LogP contribution in [0.25, 0.3) is 0 Å². The molecule has 0 aromatic carbocycles. The number of aliphatic hydroxyl groups excluding tert-OH is 1. The highest BCUT2D eigenvalue weighted by atomic mass is 16.3. The van der Waals surface area contributed by atoms with Crippen LogP contribution in [0.15, 0.2) is 23.8 Å². The quantitative estimate of drug-likeness (QED) is 0.320. The van der Waals surface area contributed by atoms with Gasteiger partial charge in [-0.2, -0.15) is 0 Å². The molecule has 0 bridgehead atoms. The van der Waals surface area contributed by atoms with E-state index < -0.39 is 0 Å². The third-order valence-electron chi connectivity index (χ3n) is 7.27. The lowest BCUT2D eigenvalue weighted by atomic mass is 9.85. The Hall–Kier alpha value is -0.930. The molecule has 0 aliphatic heterocycles. The Bertz CT molecular complexity index is 559. The molecule has 0 spiro atoms. The topological polar surface area (TPSA) is 40.5 Å². The maximum Gasteiger partial charge on any atom is 0.155 e. The molecule has 28 heavy (non-hydrogen) atoms. The van der Waals surface area contributed by atoms with Crippen molar-refractivity contribution in [3.8, 4) is 0 Å².